The second kappa shape index (κ2) is 2.05. The van der Waals surface area contributed by atoms with E-state index in [2.05, 4.69) is 6.92 Å². The van der Waals surface area contributed by atoms with Gasteiger partial charge in [0.05, 0.1) is 0 Å². The predicted molar refractivity (Wildman–Crippen MR) is 45.9 cm³/mol. The van der Waals surface area contributed by atoms with E-state index < -0.39 is 0 Å². The molecule has 0 aromatic carbocycles. The van der Waals surface area contributed by atoms with E-state index in [-0.39, 0.29) is 5.54 Å². The van der Waals surface area contributed by atoms with E-state index in [9.17, 15) is 5.21 Å². The van der Waals surface area contributed by atoms with E-state index in [1.54, 1.807) is 5.06 Å². The molecule has 0 aromatic rings. The molecule has 2 saturated carbocycles. The molecule has 2 unspecified atom stereocenters. The van der Waals surface area contributed by atoms with Crippen molar-refractivity contribution in [3.8, 4) is 0 Å². The zero-order chi connectivity index (χ0) is 8.34. The molecule has 4 atom stereocenters. The zero-order valence-electron chi connectivity index (χ0n) is 7.66. The molecule has 0 aromatic heterocycles. The number of piperidine rings is 2. The topological polar surface area (TPSA) is 23.5 Å². The van der Waals surface area contributed by atoms with Gasteiger partial charge in [0.1, 0.15) is 0 Å². The van der Waals surface area contributed by atoms with E-state index in [0.29, 0.717) is 6.04 Å². The molecular formula is C10H17NO. The summed E-state index contributed by atoms with van der Waals surface area (Å²) in [7, 11) is 0. The summed E-state index contributed by atoms with van der Waals surface area (Å²) in [6.07, 6.45) is 6.41. The van der Waals surface area contributed by atoms with Crippen LogP contribution in [0.1, 0.15) is 39.0 Å². The standard InChI is InChI=1S/C10H17NO/c1-10-5-7-2-8(6-10)4-9(3-7)11(10)12/h7-9,12H,2-6H2,1H3/t7-,8+,9?,10?. The molecule has 4 aliphatic rings. The molecule has 0 spiro atoms. The molecule has 0 amide bonds. The van der Waals surface area contributed by atoms with Crippen molar-refractivity contribution in [3.63, 3.8) is 0 Å². The van der Waals surface area contributed by atoms with Gasteiger partial charge in [0.15, 0.2) is 0 Å². The average molecular weight is 167 g/mol. The fraction of sp³-hybridized carbons (Fsp3) is 1.00. The number of hydrogen-bond donors (Lipinski definition) is 1. The van der Waals surface area contributed by atoms with Crippen LogP contribution in [0.5, 0.6) is 0 Å². The van der Waals surface area contributed by atoms with Crippen molar-refractivity contribution < 1.29 is 5.21 Å². The fourth-order valence-corrected chi connectivity index (χ4v) is 4.02. The van der Waals surface area contributed by atoms with Gasteiger partial charge in [-0.15, -0.1) is 0 Å². The van der Waals surface area contributed by atoms with Gasteiger partial charge in [0.25, 0.3) is 0 Å². The first-order valence-electron chi connectivity index (χ1n) is 5.15. The van der Waals surface area contributed by atoms with Crippen LogP contribution in [0, 0.1) is 11.8 Å². The Morgan fingerprint density at radius 3 is 2.25 bits per heavy atom. The molecule has 2 heteroatoms. The zero-order valence-corrected chi connectivity index (χ0v) is 7.66. The van der Waals surface area contributed by atoms with Gasteiger partial charge >= 0.3 is 0 Å². The first-order chi connectivity index (χ1) is 5.67. The quantitative estimate of drug-likeness (QED) is 0.596. The summed E-state index contributed by atoms with van der Waals surface area (Å²) < 4.78 is 0. The Bertz CT molecular complexity index is 202. The Balaban J connectivity index is 1.97. The highest BCUT2D eigenvalue weighted by Gasteiger charge is 2.53. The lowest BCUT2D eigenvalue weighted by Crippen LogP contribution is -2.63. The molecule has 2 nitrogen and oxygen atoms in total. The smallest absolute Gasteiger partial charge is 0.0440 e. The van der Waals surface area contributed by atoms with E-state index in [1.807, 2.05) is 0 Å². The highest BCUT2D eigenvalue weighted by molar-refractivity contribution is 5.04. The molecule has 68 valence electrons. The molecule has 1 N–H and O–H groups in total. The lowest BCUT2D eigenvalue weighted by molar-refractivity contribution is -0.269. The van der Waals surface area contributed by atoms with Gasteiger partial charge in [-0.1, -0.05) is 0 Å². The van der Waals surface area contributed by atoms with Gasteiger partial charge in [-0.2, -0.15) is 5.06 Å². The number of hydroxylamine groups is 2. The van der Waals surface area contributed by atoms with Crippen LogP contribution < -0.4 is 0 Å². The van der Waals surface area contributed by atoms with Gasteiger partial charge in [0.2, 0.25) is 0 Å². The maximum absolute atomic E-state index is 9.92. The van der Waals surface area contributed by atoms with Crippen LogP contribution in [0.15, 0.2) is 0 Å². The lowest BCUT2D eigenvalue weighted by Gasteiger charge is -2.59. The molecule has 4 fully saturated rings. The molecule has 0 radical (unpaired) electrons. The van der Waals surface area contributed by atoms with Crippen molar-refractivity contribution in [2.45, 2.75) is 50.6 Å². The van der Waals surface area contributed by atoms with Crippen LogP contribution in [0.2, 0.25) is 0 Å². The van der Waals surface area contributed by atoms with E-state index >= 15 is 0 Å². The maximum atomic E-state index is 9.92. The Labute approximate surface area is 73.5 Å². The maximum Gasteiger partial charge on any atom is 0.0440 e. The van der Waals surface area contributed by atoms with Crippen LogP contribution >= 0.6 is 0 Å². The van der Waals surface area contributed by atoms with Gasteiger partial charge in [-0.3, -0.25) is 0 Å². The Hall–Kier alpha value is -0.0800. The Kier molecular flexibility index (Phi) is 1.25. The fourth-order valence-electron chi connectivity index (χ4n) is 4.02. The summed E-state index contributed by atoms with van der Waals surface area (Å²) in [5, 5.41) is 11.6. The molecule has 2 aliphatic heterocycles. The van der Waals surface area contributed by atoms with Crippen molar-refractivity contribution in [3.05, 3.63) is 0 Å². The third kappa shape index (κ3) is 0.775. The summed E-state index contributed by atoms with van der Waals surface area (Å²) in [6.45, 7) is 2.23. The van der Waals surface area contributed by atoms with Crippen LogP contribution in [0.4, 0.5) is 0 Å². The normalized spacial score (nSPS) is 58.0. The molecule has 2 heterocycles. The van der Waals surface area contributed by atoms with Crippen molar-refractivity contribution in [2.24, 2.45) is 11.8 Å². The molecule has 2 aliphatic carbocycles. The Morgan fingerprint density at radius 1 is 1.17 bits per heavy atom. The first kappa shape index (κ1) is 7.34. The van der Waals surface area contributed by atoms with E-state index in [1.165, 1.54) is 32.1 Å². The van der Waals surface area contributed by atoms with Crippen molar-refractivity contribution in [1.82, 2.24) is 5.06 Å². The Morgan fingerprint density at radius 2 is 1.75 bits per heavy atom. The van der Waals surface area contributed by atoms with Crippen LogP contribution in [-0.4, -0.2) is 21.9 Å². The van der Waals surface area contributed by atoms with Crippen LogP contribution in [0.3, 0.4) is 0 Å². The predicted octanol–water partition coefficient (Wildman–Crippen LogP) is 2.03. The van der Waals surface area contributed by atoms with Crippen molar-refractivity contribution in [1.29, 1.82) is 0 Å². The number of nitrogens with zero attached hydrogens (tertiary/aromatic N) is 1. The van der Waals surface area contributed by atoms with Gasteiger partial charge in [0, 0.05) is 11.6 Å². The first-order valence-corrected chi connectivity index (χ1v) is 5.15. The number of hydrogen-bond acceptors (Lipinski definition) is 2. The highest BCUT2D eigenvalue weighted by atomic mass is 16.5. The third-order valence-corrected chi connectivity index (χ3v) is 4.23. The monoisotopic (exact) mass is 167 g/mol. The van der Waals surface area contributed by atoms with Crippen LogP contribution in [0.25, 0.3) is 0 Å². The lowest BCUT2D eigenvalue weighted by atomic mass is 9.59. The molecule has 12 heavy (non-hydrogen) atoms. The summed E-state index contributed by atoms with van der Waals surface area (Å²) in [6, 6.07) is 0.501. The summed E-state index contributed by atoms with van der Waals surface area (Å²) in [4.78, 5) is 0. The largest absolute Gasteiger partial charge is 0.313 e. The summed E-state index contributed by atoms with van der Waals surface area (Å²) >= 11 is 0. The summed E-state index contributed by atoms with van der Waals surface area (Å²) in [5.74, 6) is 1.85. The summed E-state index contributed by atoms with van der Waals surface area (Å²) in [5.41, 5.74) is 0.148. The van der Waals surface area contributed by atoms with E-state index in [4.69, 9.17) is 0 Å². The van der Waals surface area contributed by atoms with Crippen molar-refractivity contribution >= 4 is 0 Å². The van der Waals surface area contributed by atoms with Gasteiger partial charge in [-0.05, 0) is 50.9 Å². The second-order valence-corrected chi connectivity index (χ2v) is 5.34. The highest BCUT2D eigenvalue weighted by Crippen LogP contribution is 2.53. The van der Waals surface area contributed by atoms with Gasteiger partial charge < -0.3 is 5.21 Å². The minimum absolute atomic E-state index is 0.148. The van der Waals surface area contributed by atoms with E-state index in [0.717, 1.165) is 11.8 Å². The molecular weight excluding hydrogens is 150 g/mol. The third-order valence-electron chi connectivity index (χ3n) is 4.23. The van der Waals surface area contributed by atoms with Crippen molar-refractivity contribution in [2.75, 3.05) is 0 Å². The SMILES string of the molecule is CC12C[C@@H]3CC(C[C@@H](C3)C1)N2O. The minimum Gasteiger partial charge on any atom is -0.313 e. The number of rotatable bonds is 0. The molecule has 4 rings (SSSR count). The average Bonchev–Trinajstić information content (AvgIpc) is 1.98. The molecule has 2 saturated heterocycles. The molecule has 4 bridgehead atoms. The second-order valence-electron chi connectivity index (χ2n) is 5.34. The van der Waals surface area contributed by atoms with Crippen LogP contribution in [-0.2, 0) is 0 Å². The van der Waals surface area contributed by atoms with Gasteiger partial charge in [-0.25, -0.2) is 0 Å². The minimum atomic E-state index is 0.148.